The van der Waals surface area contributed by atoms with E-state index in [-0.39, 0.29) is 0 Å². The van der Waals surface area contributed by atoms with Gasteiger partial charge in [-0.15, -0.1) is 0 Å². The lowest BCUT2D eigenvalue weighted by molar-refractivity contribution is 0.302. The van der Waals surface area contributed by atoms with E-state index in [0.29, 0.717) is 5.71 Å². The smallest absolute Gasteiger partial charge is 0.119 e. The molecule has 1 aliphatic rings. The van der Waals surface area contributed by atoms with Crippen molar-refractivity contribution in [3.63, 3.8) is 0 Å². The van der Waals surface area contributed by atoms with E-state index in [2.05, 4.69) is 5.16 Å². The minimum Gasteiger partial charge on any atom is -0.494 e. The van der Waals surface area contributed by atoms with E-state index in [4.69, 9.17) is 9.94 Å². The Kier molecular flexibility index (Phi) is 4.02. The fourth-order valence-corrected chi connectivity index (χ4v) is 1.83. The summed E-state index contributed by atoms with van der Waals surface area (Å²) >= 11 is 0. The Hall–Kier alpha value is -1.51. The average Bonchev–Trinajstić information content (AvgIpc) is 3.17. The molecule has 0 saturated heterocycles. The lowest BCUT2D eigenvalue weighted by atomic mass is 10.1. The van der Waals surface area contributed by atoms with Crippen molar-refractivity contribution in [1.82, 2.24) is 0 Å². The number of oxime groups is 1. The number of ether oxygens (including phenoxy) is 1. The van der Waals surface area contributed by atoms with Crippen LogP contribution in [0.25, 0.3) is 0 Å². The number of benzene rings is 1. The third kappa shape index (κ3) is 3.48. The zero-order chi connectivity index (χ0) is 12.1. The van der Waals surface area contributed by atoms with Crippen LogP contribution in [0.5, 0.6) is 5.75 Å². The predicted octanol–water partition coefficient (Wildman–Crippen LogP) is 3.45. The zero-order valence-electron chi connectivity index (χ0n) is 10.2. The maximum Gasteiger partial charge on any atom is 0.119 e. The minimum absolute atomic E-state index is 0.703. The molecule has 0 heterocycles. The maximum absolute atomic E-state index is 8.81. The van der Waals surface area contributed by atoms with Crippen LogP contribution >= 0.6 is 0 Å². The van der Waals surface area contributed by atoms with Crippen LogP contribution < -0.4 is 4.74 Å². The third-order valence-corrected chi connectivity index (χ3v) is 3.13. The molecule has 3 heteroatoms. The topological polar surface area (TPSA) is 41.8 Å². The molecule has 0 amide bonds. The average molecular weight is 233 g/mol. The molecule has 1 aromatic carbocycles. The molecule has 92 valence electrons. The van der Waals surface area contributed by atoms with E-state index >= 15 is 0 Å². The SMILES string of the molecule is CCC(=NO)c1ccc(OCCC2CC2)cc1. The van der Waals surface area contributed by atoms with E-state index in [1.165, 1.54) is 19.3 Å². The molecule has 17 heavy (non-hydrogen) atoms. The fourth-order valence-electron chi connectivity index (χ4n) is 1.83. The van der Waals surface area contributed by atoms with E-state index in [9.17, 15) is 0 Å². The fraction of sp³-hybridized carbons (Fsp3) is 0.500. The molecule has 0 aliphatic heterocycles. The molecule has 3 nitrogen and oxygen atoms in total. The van der Waals surface area contributed by atoms with Gasteiger partial charge in [-0.1, -0.05) is 24.9 Å². The molecule has 2 rings (SSSR count). The Morgan fingerprint density at radius 3 is 2.59 bits per heavy atom. The summed E-state index contributed by atoms with van der Waals surface area (Å²) in [5, 5.41) is 12.1. The molecule has 1 N–H and O–H groups in total. The molecule has 1 aliphatic carbocycles. The second-order valence-corrected chi connectivity index (χ2v) is 4.51. The minimum atomic E-state index is 0.703. The normalized spacial score (nSPS) is 15.9. The van der Waals surface area contributed by atoms with Crippen LogP contribution in [-0.4, -0.2) is 17.5 Å². The van der Waals surface area contributed by atoms with Crippen molar-refractivity contribution in [1.29, 1.82) is 0 Å². The van der Waals surface area contributed by atoms with Gasteiger partial charge in [-0.3, -0.25) is 0 Å². The highest BCUT2D eigenvalue weighted by Gasteiger charge is 2.20. The zero-order valence-corrected chi connectivity index (χ0v) is 10.2. The van der Waals surface area contributed by atoms with Crippen molar-refractivity contribution in [2.45, 2.75) is 32.6 Å². The van der Waals surface area contributed by atoms with Crippen LogP contribution in [0.1, 0.15) is 38.2 Å². The standard InChI is InChI=1S/C14H19NO2/c1-2-14(15-16)12-5-7-13(8-6-12)17-10-9-11-3-4-11/h5-8,11,16H,2-4,9-10H2,1H3. The monoisotopic (exact) mass is 233 g/mol. The molecular formula is C14H19NO2. The van der Waals surface area contributed by atoms with Crippen molar-refractivity contribution < 1.29 is 9.94 Å². The van der Waals surface area contributed by atoms with Crippen LogP contribution in [0.3, 0.4) is 0 Å². The summed E-state index contributed by atoms with van der Waals surface area (Å²) in [6.45, 7) is 2.77. The highest BCUT2D eigenvalue weighted by molar-refractivity contribution is 6.00. The van der Waals surface area contributed by atoms with Crippen LogP contribution in [0, 0.1) is 5.92 Å². The third-order valence-electron chi connectivity index (χ3n) is 3.13. The molecular weight excluding hydrogens is 214 g/mol. The molecule has 1 aromatic rings. The lowest BCUT2D eigenvalue weighted by Crippen LogP contribution is -2.00. The van der Waals surface area contributed by atoms with Crippen molar-refractivity contribution >= 4 is 5.71 Å². The molecule has 0 bridgehead atoms. The van der Waals surface area contributed by atoms with E-state index in [1.54, 1.807) is 0 Å². The van der Waals surface area contributed by atoms with Gasteiger partial charge in [-0.2, -0.15) is 0 Å². The van der Waals surface area contributed by atoms with Crippen molar-refractivity contribution in [2.75, 3.05) is 6.61 Å². The van der Waals surface area contributed by atoms with Gasteiger partial charge in [0.25, 0.3) is 0 Å². The maximum atomic E-state index is 8.81. The largest absolute Gasteiger partial charge is 0.494 e. The van der Waals surface area contributed by atoms with Gasteiger partial charge < -0.3 is 9.94 Å². The quantitative estimate of drug-likeness (QED) is 0.464. The van der Waals surface area contributed by atoms with Gasteiger partial charge in [0.2, 0.25) is 0 Å². The van der Waals surface area contributed by atoms with Gasteiger partial charge in [-0.25, -0.2) is 0 Å². The van der Waals surface area contributed by atoms with Crippen LogP contribution in [0.2, 0.25) is 0 Å². The Morgan fingerprint density at radius 1 is 1.35 bits per heavy atom. The summed E-state index contributed by atoms with van der Waals surface area (Å²) in [5.74, 6) is 1.80. The van der Waals surface area contributed by atoms with Crippen molar-refractivity contribution in [3.05, 3.63) is 29.8 Å². The molecule has 1 saturated carbocycles. The Morgan fingerprint density at radius 2 is 2.06 bits per heavy atom. The first-order chi connectivity index (χ1) is 8.33. The number of rotatable bonds is 6. The molecule has 0 radical (unpaired) electrons. The van der Waals surface area contributed by atoms with E-state index < -0.39 is 0 Å². The lowest BCUT2D eigenvalue weighted by Gasteiger charge is -2.07. The van der Waals surface area contributed by atoms with E-state index in [0.717, 1.165) is 30.3 Å². The Bertz CT molecular complexity index is 380. The summed E-state index contributed by atoms with van der Waals surface area (Å²) in [6.07, 6.45) is 4.63. The van der Waals surface area contributed by atoms with Crippen LogP contribution in [-0.2, 0) is 0 Å². The first kappa shape index (κ1) is 12.0. The molecule has 0 unspecified atom stereocenters. The van der Waals surface area contributed by atoms with Crippen LogP contribution in [0.4, 0.5) is 0 Å². The van der Waals surface area contributed by atoms with Gasteiger partial charge in [0.15, 0.2) is 0 Å². The molecule has 0 aromatic heterocycles. The highest BCUT2D eigenvalue weighted by atomic mass is 16.5. The summed E-state index contributed by atoms with van der Waals surface area (Å²) in [6, 6.07) is 7.74. The molecule has 0 atom stereocenters. The predicted molar refractivity (Wildman–Crippen MR) is 67.9 cm³/mol. The first-order valence-electron chi connectivity index (χ1n) is 6.27. The van der Waals surface area contributed by atoms with Gasteiger partial charge in [0.1, 0.15) is 5.75 Å². The molecule has 1 fully saturated rings. The van der Waals surface area contributed by atoms with Crippen molar-refractivity contribution in [2.24, 2.45) is 11.1 Å². The van der Waals surface area contributed by atoms with Gasteiger partial charge in [0, 0.05) is 0 Å². The summed E-state index contributed by atoms with van der Waals surface area (Å²) in [4.78, 5) is 0. The van der Waals surface area contributed by atoms with Gasteiger partial charge >= 0.3 is 0 Å². The highest BCUT2D eigenvalue weighted by Crippen LogP contribution is 2.32. The van der Waals surface area contributed by atoms with Crippen LogP contribution in [0.15, 0.2) is 29.4 Å². The second kappa shape index (κ2) is 5.71. The van der Waals surface area contributed by atoms with Crippen molar-refractivity contribution in [3.8, 4) is 5.75 Å². The summed E-state index contributed by atoms with van der Waals surface area (Å²) < 4.78 is 5.66. The van der Waals surface area contributed by atoms with Gasteiger partial charge in [0.05, 0.1) is 12.3 Å². The second-order valence-electron chi connectivity index (χ2n) is 4.51. The molecule has 0 spiro atoms. The first-order valence-corrected chi connectivity index (χ1v) is 6.27. The number of hydrogen-bond acceptors (Lipinski definition) is 3. The van der Waals surface area contributed by atoms with Gasteiger partial charge in [-0.05, 0) is 48.6 Å². The summed E-state index contributed by atoms with van der Waals surface area (Å²) in [5.41, 5.74) is 1.65. The number of nitrogens with zero attached hydrogens (tertiary/aromatic N) is 1. The summed E-state index contributed by atoms with van der Waals surface area (Å²) in [7, 11) is 0. The Labute approximate surface area is 102 Å². The Balaban J connectivity index is 1.87. The number of hydrogen-bond donors (Lipinski definition) is 1. The van der Waals surface area contributed by atoms with E-state index in [1.807, 2.05) is 31.2 Å².